The molecule has 0 saturated heterocycles. The van der Waals surface area contributed by atoms with Gasteiger partial charge in [-0.2, -0.15) is 5.26 Å². The summed E-state index contributed by atoms with van der Waals surface area (Å²) in [5.41, 5.74) is 2.64. The lowest BCUT2D eigenvalue weighted by Gasteiger charge is -2.21. The van der Waals surface area contributed by atoms with Crippen molar-refractivity contribution < 1.29 is 28.5 Å². The minimum absolute atomic E-state index is 0.00996. The molecule has 8 heteroatoms. The number of rotatable bonds is 11. The number of benzene rings is 2. The summed E-state index contributed by atoms with van der Waals surface area (Å²) in [4.78, 5) is 14.3. The number of methoxy groups -OCH3 is 2. The van der Waals surface area contributed by atoms with E-state index in [-0.39, 0.29) is 19.3 Å². The van der Waals surface area contributed by atoms with Gasteiger partial charge in [0.15, 0.2) is 6.79 Å². The Morgan fingerprint density at radius 3 is 2.64 bits per heavy atom. The Balaban J connectivity index is 1.88. The van der Waals surface area contributed by atoms with Gasteiger partial charge in [0.25, 0.3) is 0 Å². The topological polar surface area (TPSA) is 90.3 Å². The molecule has 0 spiro atoms. The van der Waals surface area contributed by atoms with Crippen molar-refractivity contribution in [1.29, 1.82) is 5.26 Å². The van der Waals surface area contributed by atoms with Crippen molar-refractivity contribution in [1.82, 2.24) is 0 Å². The van der Waals surface area contributed by atoms with Crippen molar-refractivity contribution in [2.45, 2.75) is 12.8 Å². The Kier molecular flexibility index (Phi) is 8.70. The van der Waals surface area contributed by atoms with Crippen molar-refractivity contribution in [2.75, 3.05) is 52.3 Å². The SMILES string of the molecule is CCOC(=O)c1ccc(N2C=C(C#N)C(c3ccccc3OCCOC)C2)cc1OCOC. The molecule has 2 aromatic rings. The number of anilines is 1. The largest absolute Gasteiger partial charge is 0.491 e. The second-order valence-electron chi connectivity index (χ2n) is 7.23. The van der Waals surface area contributed by atoms with Crippen molar-refractivity contribution >= 4 is 11.7 Å². The summed E-state index contributed by atoms with van der Waals surface area (Å²) in [6.45, 7) is 3.43. The van der Waals surface area contributed by atoms with E-state index in [0.29, 0.717) is 36.6 Å². The summed E-state index contributed by atoms with van der Waals surface area (Å²) in [6, 6.07) is 15.2. The van der Waals surface area contributed by atoms with Gasteiger partial charge in [-0.3, -0.25) is 0 Å². The maximum absolute atomic E-state index is 12.3. The third kappa shape index (κ3) is 5.83. The van der Waals surface area contributed by atoms with Crippen LogP contribution in [-0.4, -0.2) is 53.3 Å². The van der Waals surface area contributed by atoms with Crippen LogP contribution in [0.4, 0.5) is 5.69 Å². The Labute approximate surface area is 193 Å². The molecular formula is C25H28N2O6. The van der Waals surface area contributed by atoms with Gasteiger partial charge in [0.1, 0.15) is 23.7 Å². The van der Waals surface area contributed by atoms with E-state index in [1.807, 2.05) is 35.4 Å². The molecule has 0 radical (unpaired) electrons. The molecule has 0 saturated carbocycles. The summed E-state index contributed by atoms with van der Waals surface area (Å²) in [7, 11) is 3.13. The van der Waals surface area contributed by atoms with Gasteiger partial charge in [-0.15, -0.1) is 0 Å². The Morgan fingerprint density at radius 1 is 1.09 bits per heavy atom. The highest BCUT2D eigenvalue weighted by molar-refractivity contribution is 5.93. The van der Waals surface area contributed by atoms with Crippen molar-refractivity contribution in [2.24, 2.45) is 0 Å². The van der Waals surface area contributed by atoms with Crippen LogP contribution in [0, 0.1) is 11.3 Å². The number of para-hydroxylation sites is 1. The van der Waals surface area contributed by atoms with Gasteiger partial charge in [-0.25, -0.2) is 4.79 Å². The van der Waals surface area contributed by atoms with Crippen LogP contribution < -0.4 is 14.4 Å². The first-order valence-corrected chi connectivity index (χ1v) is 10.6. The maximum Gasteiger partial charge on any atom is 0.341 e. The molecule has 1 heterocycles. The zero-order valence-electron chi connectivity index (χ0n) is 19.1. The highest BCUT2D eigenvalue weighted by atomic mass is 16.7. The monoisotopic (exact) mass is 452 g/mol. The quantitative estimate of drug-likeness (QED) is 0.288. The molecule has 1 atom stereocenters. The fraction of sp³-hybridized carbons (Fsp3) is 0.360. The number of nitriles is 1. The molecule has 0 fully saturated rings. The van der Waals surface area contributed by atoms with Crippen LogP contribution in [-0.2, 0) is 14.2 Å². The van der Waals surface area contributed by atoms with Crippen LogP contribution in [0.1, 0.15) is 28.8 Å². The van der Waals surface area contributed by atoms with Crippen LogP contribution in [0.15, 0.2) is 54.2 Å². The molecule has 174 valence electrons. The summed E-state index contributed by atoms with van der Waals surface area (Å²) < 4.78 is 26.7. The lowest BCUT2D eigenvalue weighted by molar-refractivity contribution is 0.0438. The highest BCUT2D eigenvalue weighted by Crippen LogP contribution is 2.39. The van der Waals surface area contributed by atoms with E-state index in [1.165, 1.54) is 7.11 Å². The number of ether oxygens (including phenoxy) is 5. The number of nitrogens with zero attached hydrogens (tertiary/aromatic N) is 2. The minimum atomic E-state index is -0.468. The van der Waals surface area contributed by atoms with Crippen LogP contribution in [0.5, 0.6) is 11.5 Å². The normalized spacial score (nSPS) is 15.0. The number of hydrogen-bond donors (Lipinski definition) is 0. The minimum Gasteiger partial charge on any atom is -0.491 e. The molecule has 0 aliphatic carbocycles. The molecule has 3 rings (SSSR count). The van der Waals surface area contributed by atoms with E-state index in [4.69, 9.17) is 23.7 Å². The van der Waals surface area contributed by atoms with Crippen LogP contribution in [0.3, 0.4) is 0 Å². The maximum atomic E-state index is 12.3. The average Bonchev–Trinajstić information content (AvgIpc) is 3.27. The Hall–Kier alpha value is -3.54. The van der Waals surface area contributed by atoms with Gasteiger partial charge in [0.05, 0.1) is 24.9 Å². The second kappa shape index (κ2) is 11.9. The Morgan fingerprint density at radius 2 is 1.91 bits per heavy atom. The van der Waals surface area contributed by atoms with Crippen LogP contribution in [0.25, 0.3) is 0 Å². The fourth-order valence-corrected chi connectivity index (χ4v) is 3.60. The lowest BCUT2D eigenvalue weighted by Crippen LogP contribution is -2.18. The van der Waals surface area contributed by atoms with Crippen molar-refractivity contribution in [3.63, 3.8) is 0 Å². The highest BCUT2D eigenvalue weighted by Gasteiger charge is 2.30. The summed E-state index contributed by atoms with van der Waals surface area (Å²) in [5.74, 6) is 0.447. The molecule has 2 aromatic carbocycles. The van der Waals surface area contributed by atoms with Gasteiger partial charge in [-0.1, -0.05) is 18.2 Å². The number of esters is 1. The zero-order chi connectivity index (χ0) is 23.6. The van der Waals surface area contributed by atoms with E-state index < -0.39 is 5.97 Å². The predicted molar refractivity (Wildman–Crippen MR) is 122 cm³/mol. The van der Waals surface area contributed by atoms with E-state index in [1.54, 1.807) is 32.2 Å². The van der Waals surface area contributed by atoms with Crippen LogP contribution in [0.2, 0.25) is 0 Å². The third-order valence-electron chi connectivity index (χ3n) is 5.14. The Bertz CT molecular complexity index is 1030. The second-order valence-corrected chi connectivity index (χ2v) is 7.23. The first-order chi connectivity index (χ1) is 16.1. The number of carbonyl (C=O) groups excluding carboxylic acids is 1. The van der Waals surface area contributed by atoms with Crippen LogP contribution >= 0.6 is 0 Å². The fourth-order valence-electron chi connectivity index (χ4n) is 3.60. The van der Waals surface area contributed by atoms with Crippen molar-refractivity contribution in [3.8, 4) is 17.6 Å². The van der Waals surface area contributed by atoms with E-state index >= 15 is 0 Å². The van der Waals surface area contributed by atoms with E-state index in [9.17, 15) is 10.1 Å². The number of carbonyl (C=O) groups is 1. The average molecular weight is 453 g/mol. The van der Waals surface area contributed by atoms with Gasteiger partial charge < -0.3 is 28.6 Å². The number of hydrogen-bond acceptors (Lipinski definition) is 8. The van der Waals surface area contributed by atoms with Gasteiger partial charge in [0, 0.05) is 50.2 Å². The molecular weight excluding hydrogens is 424 g/mol. The standard InChI is InChI=1S/C25H28N2O6/c1-4-31-25(28)21-10-9-19(13-24(21)33-17-30-3)27-15-18(14-26)22(16-27)20-7-5-6-8-23(20)32-12-11-29-2/h5-10,13,15,22H,4,11-12,16-17H2,1-3H3. The smallest absolute Gasteiger partial charge is 0.341 e. The molecule has 8 nitrogen and oxygen atoms in total. The molecule has 1 unspecified atom stereocenters. The molecule has 1 aliphatic heterocycles. The van der Waals surface area contributed by atoms with E-state index in [2.05, 4.69) is 6.07 Å². The van der Waals surface area contributed by atoms with Gasteiger partial charge >= 0.3 is 5.97 Å². The first kappa shape index (κ1) is 24.1. The van der Waals surface area contributed by atoms with Gasteiger partial charge in [0.2, 0.25) is 0 Å². The summed E-state index contributed by atoms with van der Waals surface area (Å²) >= 11 is 0. The van der Waals surface area contributed by atoms with Gasteiger partial charge in [-0.05, 0) is 25.1 Å². The first-order valence-electron chi connectivity index (χ1n) is 10.6. The molecule has 0 N–H and O–H groups in total. The summed E-state index contributed by atoms with van der Waals surface area (Å²) in [6.07, 6.45) is 1.82. The lowest BCUT2D eigenvalue weighted by atomic mass is 9.93. The molecule has 0 amide bonds. The third-order valence-corrected chi connectivity index (χ3v) is 5.14. The predicted octanol–water partition coefficient (Wildman–Crippen LogP) is 3.88. The zero-order valence-corrected chi connectivity index (χ0v) is 19.1. The molecule has 33 heavy (non-hydrogen) atoms. The molecule has 0 bridgehead atoms. The van der Waals surface area contributed by atoms with E-state index in [0.717, 1.165) is 17.0 Å². The van der Waals surface area contributed by atoms with Crippen molar-refractivity contribution in [3.05, 3.63) is 65.4 Å². The molecule has 1 aliphatic rings. The summed E-state index contributed by atoms with van der Waals surface area (Å²) in [5, 5.41) is 9.81. The molecule has 0 aromatic heterocycles.